The molecular formula is C21H22ClN5O2S. The van der Waals surface area contributed by atoms with Crippen molar-refractivity contribution in [2.45, 2.75) is 25.5 Å². The van der Waals surface area contributed by atoms with Crippen molar-refractivity contribution in [1.82, 2.24) is 14.8 Å². The summed E-state index contributed by atoms with van der Waals surface area (Å²) in [5, 5.41) is 15.8. The molecule has 7 nitrogen and oxygen atoms in total. The first kappa shape index (κ1) is 21.9. The number of Topliss-reactive ketones (excluding diaryl/α,β-unsaturated/α-hetero) is 1. The summed E-state index contributed by atoms with van der Waals surface area (Å²) in [6, 6.07) is 12.6. The number of carbonyl (C=O) groups excluding carboxylic acids is 2. The number of benzene rings is 2. The fourth-order valence-corrected chi connectivity index (χ4v) is 3.53. The lowest BCUT2D eigenvalue weighted by Gasteiger charge is -2.08. The predicted octanol–water partition coefficient (Wildman–Crippen LogP) is 4.32. The SMILES string of the molecule is CC(=O)c1ccc(NC(=O)CSc2nnc(CNc3ccc(C)c(Cl)c3)n2C)cc1. The van der Waals surface area contributed by atoms with Gasteiger partial charge in [0.15, 0.2) is 16.8 Å². The van der Waals surface area contributed by atoms with Gasteiger partial charge in [-0.25, -0.2) is 0 Å². The van der Waals surface area contributed by atoms with Gasteiger partial charge in [0.25, 0.3) is 0 Å². The molecule has 30 heavy (non-hydrogen) atoms. The molecule has 0 aliphatic carbocycles. The molecule has 0 saturated carbocycles. The summed E-state index contributed by atoms with van der Waals surface area (Å²) in [4.78, 5) is 23.5. The standard InChI is InChI=1S/C21H22ClN5O2S/c1-13-4-7-17(10-18(13)22)23-11-19-25-26-21(27(19)3)30-12-20(29)24-16-8-5-15(6-9-16)14(2)28/h4-10,23H,11-12H2,1-3H3,(H,24,29). The van der Waals surface area contributed by atoms with Crippen LogP contribution in [0.15, 0.2) is 47.6 Å². The Morgan fingerprint density at radius 2 is 1.80 bits per heavy atom. The smallest absolute Gasteiger partial charge is 0.234 e. The average Bonchev–Trinajstić information content (AvgIpc) is 3.07. The Kier molecular flexibility index (Phi) is 7.12. The maximum absolute atomic E-state index is 12.2. The highest BCUT2D eigenvalue weighted by Crippen LogP contribution is 2.21. The maximum atomic E-state index is 12.2. The highest BCUT2D eigenvalue weighted by atomic mass is 35.5. The Balaban J connectivity index is 1.52. The third-order valence-corrected chi connectivity index (χ3v) is 5.88. The van der Waals surface area contributed by atoms with E-state index in [4.69, 9.17) is 11.6 Å². The summed E-state index contributed by atoms with van der Waals surface area (Å²) < 4.78 is 1.85. The summed E-state index contributed by atoms with van der Waals surface area (Å²) in [5.74, 6) is 0.769. The van der Waals surface area contributed by atoms with E-state index in [0.717, 1.165) is 17.1 Å². The molecule has 1 aromatic heterocycles. The number of amides is 1. The number of anilines is 2. The first-order valence-electron chi connectivity index (χ1n) is 9.25. The summed E-state index contributed by atoms with van der Waals surface area (Å²) in [6.07, 6.45) is 0. The number of rotatable bonds is 8. The topological polar surface area (TPSA) is 88.9 Å². The normalized spacial score (nSPS) is 10.7. The zero-order valence-electron chi connectivity index (χ0n) is 16.9. The van der Waals surface area contributed by atoms with Gasteiger partial charge in [-0.1, -0.05) is 29.4 Å². The van der Waals surface area contributed by atoms with Gasteiger partial charge in [0, 0.05) is 29.0 Å². The lowest BCUT2D eigenvalue weighted by Crippen LogP contribution is -2.14. The third-order valence-electron chi connectivity index (χ3n) is 4.46. The average molecular weight is 444 g/mol. The van der Waals surface area contributed by atoms with Crippen LogP contribution < -0.4 is 10.6 Å². The van der Waals surface area contributed by atoms with Crippen molar-refractivity contribution in [3.63, 3.8) is 0 Å². The molecule has 0 fully saturated rings. The van der Waals surface area contributed by atoms with E-state index in [1.165, 1.54) is 18.7 Å². The molecule has 0 spiro atoms. The van der Waals surface area contributed by atoms with Crippen LogP contribution in [0.2, 0.25) is 5.02 Å². The first-order chi connectivity index (χ1) is 14.3. The Morgan fingerprint density at radius 1 is 1.10 bits per heavy atom. The van der Waals surface area contributed by atoms with Crippen molar-refractivity contribution < 1.29 is 9.59 Å². The maximum Gasteiger partial charge on any atom is 0.234 e. The van der Waals surface area contributed by atoms with E-state index < -0.39 is 0 Å². The number of hydrogen-bond donors (Lipinski definition) is 2. The first-order valence-corrected chi connectivity index (χ1v) is 10.6. The van der Waals surface area contributed by atoms with Gasteiger partial charge in [-0.2, -0.15) is 0 Å². The lowest BCUT2D eigenvalue weighted by molar-refractivity contribution is -0.113. The van der Waals surface area contributed by atoms with Gasteiger partial charge in [-0.15, -0.1) is 10.2 Å². The second-order valence-corrected chi connectivity index (χ2v) is 8.10. The number of nitrogens with zero attached hydrogens (tertiary/aromatic N) is 3. The van der Waals surface area contributed by atoms with Crippen LogP contribution in [0.1, 0.15) is 28.7 Å². The Hall–Kier alpha value is -2.84. The number of aryl methyl sites for hydroxylation is 1. The van der Waals surface area contributed by atoms with E-state index in [0.29, 0.717) is 28.0 Å². The molecule has 3 rings (SSSR count). The number of thioether (sulfide) groups is 1. The molecule has 0 atom stereocenters. The van der Waals surface area contributed by atoms with Crippen molar-refractivity contribution in [2.24, 2.45) is 7.05 Å². The molecule has 0 aliphatic rings. The molecule has 0 saturated heterocycles. The van der Waals surface area contributed by atoms with Crippen molar-refractivity contribution in [3.05, 3.63) is 64.4 Å². The number of carbonyl (C=O) groups is 2. The van der Waals surface area contributed by atoms with Crippen LogP contribution in [-0.4, -0.2) is 32.2 Å². The molecule has 0 aliphatic heterocycles. The minimum absolute atomic E-state index is 0.0125. The van der Waals surface area contributed by atoms with Gasteiger partial charge in [0.1, 0.15) is 0 Å². The Bertz CT molecular complexity index is 1070. The second-order valence-electron chi connectivity index (χ2n) is 6.75. The fourth-order valence-electron chi connectivity index (χ4n) is 2.62. The van der Waals surface area contributed by atoms with E-state index in [1.807, 2.05) is 36.7 Å². The molecule has 1 amide bonds. The van der Waals surface area contributed by atoms with Gasteiger partial charge in [-0.3, -0.25) is 9.59 Å². The number of aromatic nitrogens is 3. The fraction of sp³-hybridized carbons (Fsp3) is 0.238. The summed E-state index contributed by atoms with van der Waals surface area (Å²) in [7, 11) is 1.86. The predicted molar refractivity (Wildman–Crippen MR) is 120 cm³/mol. The Labute approximate surface area is 184 Å². The molecule has 3 aromatic rings. The monoisotopic (exact) mass is 443 g/mol. The highest BCUT2D eigenvalue weighted by molar-refractivity contribution is 7.99. The highest BCUT2D eigenvalue weighted by Gasteiger charge is 2.12. The van der Waals surface area contributed by atoms with Crippen molar-refractivity contribution >= 4 is 46.4 Å². The minimum Gasteiger partial charge on any atom is -0.378 e. The second kappa shape index (κ2) is 9.77. The van der Waals surface area contributed by atoms with Crippen LogP contribution >= 0.6 is 23.4 Å². The van der Waals surface area contributed by atoms with E-state index >= 15 is 0 Å². The van der Waals surface area contributed by atoms with Crippen LogP contribution in [0.3, 0.4) is 0 Å². The summed E-state index contributed by atoms with van der Waals surface area (Å²) >= 11 is 7.46. The Morgan fingerprint density at radius 3 is 2.47 bits per heavy atom. The van der Waals surface area contributed by atoms with Gasteiger partial charge >= 0.3 is 0 Å². The molecule has 2 aromatic carbocycles. The van der Waals surface area contributed by atoms with Crippen LogP contribution in [0.5, 0.6) is 0 Å². The van der Waals surface area contributed by atoms with Gasteiger partial charge in [0.2, 0.25) is 5.91 Å². The van der Waals surface area contributed by atoms with Crippen LogP contribution in [-0.2, 0) is 18.4 Å². The number of hydrogen-bond acceptors (Lipinski definition) is 6. The molecule has 1 heterocycles. The van der Waals surface area contributed by atoms with E-state index in [-0.39, 0.29) is 17.4 Å². The van der Waals surface area contributed by atoms with Crippen molar-refractivity contribution in [3.8, 4) is 0 Å². The van der Waals surface area contributed by atoms with Gasteiger partial charge in [0.05, 0.1) is 12.3 Å². The van der Waals surface area contributed by atoms with Crippen molar-refractivity contribution in [1.29, 1.82) is 0 Å². The zero-order valence-corrected chi connectivity index (χ0v) is 18.5. The van der Waals surface area contributed by atoms with E-state index in [2.05, 4.69) is 20.8 Å². The molecule has 0 radical (unpaired) electrons. The van der Waals surface area contributed by atoms with Crippen LogP contribution in [0.25, 0.3) is 0 Å². The van der Waals surface area contributed by atoms with Gasteiger partial charge in [-0.05, 0) is 55.8 Å². The van der Waals surface area contributed by atoms with Crippen molar-refractivity contribution in [2.75, 3.05) is 16.4 Å². The molecule has 9 heteroatoms. The zero-order chi connectivity index (χ0) is 21.7. The number of ketones is 1. The molecule has 0 bridgehead atoms. The summed E-state index contributed by atoms with van der Waals surface area (Å²) in [5.41, 5.74) is 3.17. The molecule has 2 N–H and O–H groups in total. The van der Waals surface area contributed by atoms with E-state index in [1.54, 1.807) is 24.3 Å². The van der Waals surface area contributed by atoms with E-state index in [9.17, 15) is 9.59 Å². The molecular weight excluding hydrogens is 422 g/mol. The minimum atomic E-state index is -0.160. The van der Waals surface area contributed by atoms with Gasteiger partial charge < -0.3 is 15.2 Å². The van der Waals surface area contributed by atoms with Crippen LogP contribution in [0, 0.1) is 6.92 Å². The molecule has 0 unspecified atom stereocenters. The summed E-state index contributed by atoms with van der Waals surface area (Å²) in [6.45, 7) is 3.94. The number of halogens is 1. The van der Waals surface area contributed by atoms with Crippen LogP contribution in [0.4, 0.5) is 11.4 Å². The largest absolute Gasteiger partial charge is 0.378 e. The molecule has 156 valence electrons. The third kappa shape index (κ3) is 5.61. The number of nitrogens with one attached hydrogen (secondary N) is 2. The lowest BCUT2D eigenvalue weighted by atomic mass is 10.1. The quantitative estimate of drug-likeness (QED) is 0.398.